The highest BCUT2D eigenvalue weighted by atomic mass is 31.2. The maximum atomic E-state index is 14.8. The van der Waals surface area contributed by atoms with Gasteiger partial charge in [-0.2, -0.15) is 0 Å². The Balaban J connectivity index is 1.88. The molecule has 3 N–H and O–H groups in total. The normalized spacial score (nSPS) is 13.5. The van der Waals surface area contributed by atoms with E-state index in [0.29, 0.717) is 25.0 Å². The van der Waals surface area contributed by atoms with E-state index in [0.717, 1.165) is 29.5 Å². The third-order valence-electron chi connectivity index (χ3n) is 7.62. The predicted octanol–water partition coefficient (Wildman–Crippen LogP) is 6.62. The molecule has 0 fully saturated rings. The summed E-state index contributed by atoms with van der Waals surface area (Å²) < 4.78 is 32.4. The minimum absolute atomic E-state index is 0.0961. The number of carbonyl (C=O) groups excluding carboxylic acids is 2. The summed E-state index contributed by atoms with van der Waals surface area (Å²) in [5, 5.41) is 9.03. The van der Waals surface area contributed by atoms with Crippen molar-refractivity contribution in [3.63, 3.8) is 0 Å². The highest BCUT2D eigenvalue weighted by molar-refractivity contribution is 7.54. The topological polar surface area (TPSA) is 115 Å². The molecule has 10 heteroatoms. The van der Waals surface area contributed by atoms with Crippen molar-refractivity contribution in [3.8, 4) is 5.75 Å². The molecule has 0 spiro atoms. The number of methoxy groups -OCH3 is 1. The molecule has 0 saturated heterocycles. The minimum Gasteiger partial charge on any atom is -0.497 e. The first kappa shape index (κ1) is 37.0. The van der Waals surface area contributed by atoms with Crippen LogP contribution in [0, 0.1) is 5.92 Å². The summed E-state index contributed by atoms with van der Waals surface area (Å²) in [5.74, 6) is -0.579. The molecule has 0 bridgehead atoms. The van der Waals surface area contributed by atoms with Crippen LogP contribution in [0.3, 0.4) is 0 Å². The van der Waals surface area contributed by atoms with Crippen molar-refractivity contribution in [3.05, 3.63) is 102 Å². The molecule has 0 aromatic heterocycles. The molecule has 0 aliphatic carbocycles. The van der Waals surface area contributed by atoms with Gasteiger partial charge in [0.25, 0.3) is 0 Å². The average molecular weight is 652 g/mol. The van der Waals surface area contributed by atoms with E-state index in [1.54, 1.807) is 14.2 Å². The van der Waals surface area contributed by atoms with Crippen LogP contribution in [0.25, 0.3) is 0 Å². The van der Waals surface area contributed by atoms with Crippen LogP contribution in [-0.2, 0) is 42.8 Å². The Kier molecular flexibility index (Phi) is 15.5. The monoisotopic (exact) mass is 651 g/mol. The average Bonchev–Trinajstić information content (AvgIpc) is 3.08. The molecule has 3 rings (SSSR count). The Bertz CT molecular complexity index is 1320. The van der Waals surface area contributed by atoms with Gasteiger partial charge in [0.1, 0.15) is 17.6 Å². The fraction of sp³-hybridized carbons (Fsp3) is 0.444. The number of hydrogen-bond donors (Lipinski definition) is 3. The fourth-order valence-electron chi connectivity index (χ4n) is 5.03. The van der Waals surface area contributed by atoms with Crippen molar-refractivity contribution >= 4 is 19.4 Å². The quantitative estimate of drug-likeness (QED) is 0.118. The van der Waals surface area contributed by atoms with Crippen molar-refractivity contribution in [2.24, 2.45) is 5.92 Å². The van der Waals surface area contributed by atoms with E-state index in [1.165, 1.54) is 0 Å². The highest BCUT2D eigenvalue weighted by Gasteiger charge is 2.39. The van der Waals surface area contributed by atoms with Crippen LogP contribution in [0.2, 0.25) is 0 Å². The van der Waals surface area contributed by atoms with E-state index in [4.69, 9.17) is 13.8 Å². The minimum atomic E-state index is -3.83. The second-order valence-electron chi connectivity index (χ2n) is 11.8. The lowest BCUT2D eigenvalue weighted by molar-refractivity contribution is -0.130. The van der Waals surface area contributed by atoms with Gasteiger partial charge in [-0.3, -0.25) is 19.5 Å². The number of likely N-dealkylation sites (N-methyl/N-ethyl adjacent to an activating group) is 1. The van der Waals surface area contributed by atoms with Gasteiger partial charge in [-0.05, 0) is 47.6 Å². The molecule has 0 heterocycles. The molecule has 9 nitrogen and oxygen atoms in total. The lowest BCUT2D eigenvalue weighted by Gasteiger charge is -2.32. The molecular weight excluding hydrogens is 601 g/mol. The maximum Gasteiger partial charge on any atom is 0.348 e. The van der Waals surface area contributed by atoms with Gasteiger partial charge in [-0.1, -0.05) is 106 Å². The first-order valence-electron chi connectivity index (χ1n) is 16.0. The summed E-state index contributed by atoms with van der Waals surface area (Å²) in [6, 6.07) is 24.9. The van der Waals surface area contributed by atoms with Gasteiger partial charge in [-0.25, -0.2) is 0 Å². The summed E-state index contributed by atoms with van der Waals surface area (Å²) in [6.45, 7) is 6.29. The Hall–Kier alpha value is -3.49. The summed E-state index contributed by atoms with van der Waals surface area (Å²) >= 11 is 0. The molecular formula is C36H50N3O6P. The molecule has 0 unspecified atom stereocenters. The maximum absolute atomic E-state index is 14.8. The Morgan fingerprint density at radius 3 is 1.83 bits per heavy atom. The second kappa shape index (κ2) is 19.2. The molecule has 3 aromatic carbocycles. The van der Waals surface area contributed by atoms with Crippen LogP contribution in [0.1, 0.15) is 63.1 Å². The van der Waals surface area contributed by atoms with Crippen LogP contribution < -0.4 is 20.7 Å². The number of rotatable bonds is 20. The second-order valence-corrected chi connectivity index (χ2v) is 14.0. The van der Waals surface area contributed by atoms with Gasteiger partial charge in [0.05, 0.1) is 26.4 Å². The van der Waals surface area contributed by atoms with Crippen molar-refractivity contribution in [2.75, 3.05) is 14.2 Å². The van der Waals surface area contributed by atoms with Crippen LogP contribution in [-0.4, -0.2) is 43.8 Å². The smallest absolute Gasteiger partial charge is 0.348 e. The van der Waals surface area contributed by atoms with Crippen molar-refractivity contribution < 1.29 is 27.9 Å². The Morgan fingerprint density at radius 2 is 1.35 bits per heavy atom. The predicted molar refractivity (Wildman–Crippen MR) is 182 cm³/mol. The van der Waals surface area contributed by atoms with Gasteiger partial charge in [0.15, 0.2) is 0 Å². The van der Waals surface area contributed by atoms with Crippen LogP contribution in [0.4, 0.5) is 0 Å². The number of carbonyl (C=O) groups is 2. The summed E-state index contributed by atoms with van der Waals surface area (Å²) in [5.41, 5.74) is 2.60. The molecule has 3 aromatic rings. The number of benzene rings is 3. The lowest BCUT2D eigenvalue weighted by Crippen LogP contribution is -2.55. The van der Waals surface area contributed by atoms with Crippen molar-refractivity contribution in [2.45, 2.75) is 84.0 Å². The molecule has 250 valence electrons. The zero-order chi connectivity index (χ0) is 33.4. The van der Waals surface area contributed by atoms with E-state index in [2.05, 4.69) is 22.9 Å². The zero-order valence-electron chi connectivity index (χ0n) is 27.7. The molecule has 2 amide bonds. The van der Waals surface area contributed by atoms with E-state index in [-0.39, 0.29) is 30.9 Å². The first-order chi connectivity index (χ1) is 22.2. The van der Waals surface area contributed by atoms with Gasteiger partial charge in [0.2, 0.25) is 11.8 Å². The Labute approximate surface area is 274 Å². The van der Waals surface area contributed by atoms with Gasteiger partial charge >= 0.3 is 7.60 Å². The number of nitrogens with one attached hydrogen (secondary N) is 3. The fourth-order valence-corrected chi connectivity index (χ4v) is 6.99. The van der Waals surface area contributed by atoms with Crippen LogP contribution in [0.5, 0.6) is 5.75 Å². The van der Waals surface area contributed by atoms with Gasteiger partial charge in [0, 0.05) is 13.5 Å². The largest absolute Gasteiger partial charge is 0.497 e. The van der Waals surface area contributed by atoms with E-state index < -0.39 is 25.5 Å². The third-order valence-corrected chi connectivity index (χ3v) is 9.76. The van der Waals surface area contributed by atoms with Crippen molar-refractivity contribution in [1.29, 1.82) is 0 Å². The molecule has 0 saturated carbocycles. The van der Waals surface area contributed by atoms with E-state index in [1.807, 2.05) is 98.8 Å². The van der Waals surface area contributed by atoms with Crippen LogP contribution in [0.15, 0.2) is 84.9 Å². The molecule has 0 aliphatic heterocycles. The summed E-state index contributed by atoms with van der Waals surface area (Å²) in [7, 11) is -0.691. The van der Waals surface area contributed by atoms with Crippen LogP contribution >= 0.6 is 7.60 Å². The molecule has 3 atom stereocenters. The lowest BCUT2D eigenvalue weighted by atomic mass is 10.0. The highest BCUT2D eigenvalue weighted by Crippen LogP contribution is 2.55. The van der Waals surface area contributed by atoms with E-state index in [9.17, 15) is 14.2 Å². The first-order valence-corrected chi connectivity index (χ1v) is 17.7. The molecule has 46 heavy (non-hydrogen) atoms. The summed E-state index contributed by atoms with van der Waals surface area (Å²) in [6.07, 6.45) is 2.83. The van der Waals surface area contributed by atoms with Gasteiger partial charge < -0.3 is 24.4 Å². The van der Waals surface area contributed by atoms with E-state index >= 15 is 0 Å². The molecule has 0 aliphatic rings. The van der Waals surface area contributed by atoms with Gasteiger partial charge in [-0.15, -0.1) is 0 Å². The zero-order valence-corrected chi connectivity index (χ0v) is 28.6. The van der Waals surface area contributed by atoms with Crippen molar-refractivity contribution in [1.82, 2.24) is 16.0 Å². The Morgan fingerprint density at radius 1 is 0.783 bits per heavy atom. The summed E-state index contributed by atoms with van der Waals surface area (Å²) in [4.78, 5) is 26.9. The third kappa shape index (κ3) is 12.0. The number of ether oxygens (including phenoxy) is 1. The standard InChI is InChI=1S/C36H50N3O6P/c1-6-7-18-34(46(42,44-25-29-14-10-8-11-15-29)45-26-30-16-12-9-13-17-30)38-32(23-27(2)3)36(41)39-33(35(40)37-4)24-28-19-21-31(43-5)22-20-28/h8-17,19-22,27,32-34,38H,6-7,18,23-26H2,1-5H3,(H,37,40)(H,39,41)/t32-,33-,34+/m0/s1. The SMILES string of the molecule is CCCC[C@H](N[C@@H](CC(C)C)C(=O)N[C@@H](Cc1ccc(OC)cc1)C(=O)NC)P(=O)(OCc1ccccc1)OCc1ccccc1. The number of amides is 2. The number of hydrogen-bond acceptors (Lipinski definition) is 7. The number of unbranched alkanes of at least 4 members (excludes halogenated alkanes) is 1. The molecule has 0 radical (unpaired) electrons.